The average molecular weight is 431 g/mol. The van der Waals surface area contributed by atoms with Crippen molar-refractivity contribution in [3.05, 3.63) is 35.4 Å². The Morgan fingerprint density at radius 2 is 1.48 bits per heavy atom. The number of rotatable bonds is 12. The summed E-state index contributed by atoms with van der Waals surface area (Å²) in [5, 5.41) is 0. The minimum atomic E-state index is -0.485. The zero-order chi connectivity index (χ0) is 22.6. The fraction of sp³-hybridized carbons (Fsp3) is 0.704. The molecule has 0 heterocycles. The Morgan fingerprint density at radius 1 is 0.871 bits per heavy atom. The number of benzene rings is 1. The lowest BCUT2D eigenvalue weighted by molar-refractivity contribution is -0.153. The molecule has 0 bridgehead atoms. The normalized spacial score (nSPS) is 20.6. The molecule has 2 rings (SSSR count). The molecule has 0 aromatic heterocycles. The zero-order valence-corrected chi connectivity index (χ0v) is 20.0. The second-order valence-electron chi connectivity index (χ2n) is 9.24. The van der Waals surface area contributed by atoms with Gasteiger partial charge in [-0.25, -0.2) is 4.79 Å². The quantitative estimate of drug-likeness (QED) is 0.260. The van der Waals surface area contributed by atoms with E-state index in [4.69, 9.17) is 9.47 Å². The van der Waals surface area contributed by atoms with Crippen molar-refractivity contribution in [1.29, 1.82) is 0 Å². The first-order valence-corrected chi connectivity index (χ1v) is 12.4. The van der Waals surface area contributed by atoms with Gasteiger partial charge in [-0.15, -0.1) is 0 Å². The van der Waals surface area contributed by atoms with Gasteiger partial charge in [0.25, 0.3) is 0 Å². The summed E-state index contributed by atoms with van der Waals surface area (Å²) >= 11 is 0. The smallest absolute Gasteiger partial charge is 0.338 e. The molecule has 174 valence electrons. The molecule has 0 amide bonds. The van der Waals surface area contributed by atoms with E-state index in [-0.39, 0.29) is 11.9 Å². The largest absolute Gasteiger partial charge is 0.459 e. The van der Waals surface area contributed by atoms with Crippen LogP contribution in [0, 0.1) is 5.92 Å². The Kier molecular flexibility index (Phi) is 11.1. The molecule has 2 atom stereocenters. The van der Waals surface area contributed by atoms with Gasteiger partial charge in [0.15, 0.2) is 0 Å². The lowest BCUT2D eigenvalue weighted by Crippen LogP contribution is -2.30. The van der Waals surface area contributed by atoms with E-state index in [2.05, 4.69) is 19.1 Å². The van der Waals surface area contributed by atoms with Crippen molar-refractivity contribution in [3.8, 4) is 0 Å². The van der Waals surface area contributed by atoms with Gasteiger partial charge in [-0.3, -0.25) is 4.79 Å². The van der Waals surface area contributed by atoms with E-state index in [1.807, 2.05) is 19.1 Å². The van der Waals surface area contributed by atoms with Crippen LogP contribution in [0.25, 0.3) is 0 Å². The Hall–Kier alpha value is -1.84. The van der Waals surface area contributed by atoms with E-state index in [1.54, 1.807) is 13.8 Å². The minimum Gasteiger partial charge on any atom is -0.459 e. The van der Waals surface area contributed by atoms with Crippen LogP contribution in [-0.4, -0.2) is 24.1 Å². The van der Waals surface area contributed by atoms with Crippen molar-refractivity contribution < 1.29 is 19.1 Å². The van der Waals surface area contributed by atoms with Crippen LogP contribution in [0.4, 0.5) is 0 Å². The van der Waals surface area contributed by atoms with Crippen molar-refractivity contribution in [3.63, 3.8) is 0 Å². The number of carbonyl (C=O) groups is 2. The number of hydrogen-bond donors (Lipinski definition) is 0. The van der Waals surface area contributed by atoms with Crippen LogP contribution in [0.5, 0.6) is 0 Å². The Balaban J connectivity index is 1.79. The fourth-order valence-electron chi connectivity index (χ4n) is 4.37. The molecule has 1 aliphatic rings. The first kappa shape index (κ1) is 25.4. The molecule has 0 aliphatic heterocycles. The molecule has 31 heavy (non-hydrogen) atoms. The van der Waals surface area contributed by atoms with Crippen molar-refractivity contribution in [1.82, 2.24) is 0 Å². The molecule has 1 aromatic carbocycles. The summed E-state index contributed by atoms with van der Waals surface area (Å²) in [6, 6.07) is 7.90. The second-order valence-corrected chi connectivity index (χ2v) is 9.24. The summed E-state index contributed by atoms with van der Waals surface area (Å²) < 4.78 is 10.9. The Morgan fingerprint density at radius 3 is 2.10 bits per heavy atom. The highest BCUT2D eigenvalue weighted by molar-refractivity contribution is 5.89. The molecule has 0 saturated heterocycles. The number of hydrogen-bond acceptors (Lipinski definition) is 4. The predicted octanol–water partition coefficient (Wildman–Crippen LogP) is 7.21. The van der Waals surface area contributed by atoms with Gasteiger partial charge in [0.1, 0.15) is 12.2 Å². The van der Waals surface area contributed by atoms with Gasteiger partial charge in [0.2, 0.25) is 0 Å². The Labute approximate surface area is 189 Å². The van der Waals surface area contributed by atoms with Crippen LogP contribution in [0.15, 0.2) is 24.3 Å². The number of carbonyl (C=O) groups excluding carboxylic acids is 2. The summed E-state index contributed by atoms with van der Waals surface area (Å²) in [6.07, 6.45) is 11.8. The highest BCUT2D eigenvalue weighted by Crippen LogP contribution is 2.37. The van der Waals surface area contributed by atoms with Gasteiger partial charge in [0.05, 0.1) is 5.56 Å². The average Bonchev–Trinajstić information content (AvgIpc) is 2.78. The van der Waals surface area contributed by atoms with E-state index in [9.17, 15) is 9.59 Å². The molecule has 0 radical (unpaired) electrons. The van der Waals surface area contributed by atoms with Gasteiger partial charge in [-0.1, -0.05) is 58.1 Å². The van der Waals surface area contributed by atoms with Gasteiger partial charge in [-0.05, 0) is 75.5 Å². The van der Waals surface area contributed by atoms with Crippen molar-refractivity contribution in [2.24, 2.45) is 5.92 Å². The summed E-state index contributed by atoms with van der Waals surface area (Å²) in [5.41, 5.74) is 1.88. The standard InChI is InChI=1S/C27H42O4/c1-5-7-9-10-22-12-14-23(15-13-22)24-16-18-25(19-17-24)27(29)31-21(4)20(3)30-26(28)11-8-6-2/h16-23H,5-15H2,1-4H3. The van der Waals surface area contributed by atoms with Crippen LogP contribution in [0.3, 0.4) is 0 Å². The zero-order valence-electron chi connectivity index (χ0n) is 20.0. The summed E-state index contributed by atoms with van der Waals surface area (Å²) in [7, 11) is 0. The van der Waals surface area contributed by atoms with Crippen LogP contribution >= 0.6 is 0 Å². The van der Waals surface area contributed by atoms with E-state index < -0.39 is 12.2 Å². The fourth-order valence-corrected chi connectivity index (χ4v) is 4.37. The highest BCUT2D eigenvalue weighted by Gasteiger charge is 2.24. The highest BCUT2D eigenvalue weighted by atomic mass is 16.6. The lowest BCUT2D eigenvalue weighted by atomic mass is 9.77. The third-order valence-electron chi connectivity index (χ3n) is 6.69. The first-order chi connectivity index (χ1) is 14.9. The summed E-state index contributed by atoms with van der Waals surface area (Å²) in [5.74, 6) is 0.905. The summed E-state index contributed by atoms with van der Waals surface area (Å²) in [6.45, 7) is 7.83. The Bertz CT molecular complexity index is 658. The third kappa shape index (κ3) is 8.66. The molecular weight excluding hydrogens is 388 g/mol. The molecule has 4 nitrogen and oxygen atoms in total. The third-order valence-corrected chi connectivity index (χ3v) is 6.69. The van der Waals surface area contributed by atoms with E-state index in [0.29, 0.717) is 17.9 Å². The topological polar surface area (TPSA) is 52.6 Å². The number of ether oxygens (including phenoxy) is 2. The molecule has 0 spiro atoms. The van der Waals surface area contributed by atoms with Crippen molar-refractivity contribution in [2.45, 2.75) is 116 Å². The first-order valence-electron chi connectivity index (χ1n) is 12.4. The van der Waals surface area contributed by atoms with Gasteiger partial charge in [-0.2, -0.15) is 0 Å². The predicted molar refractivity (Wildman–Crippen MR) is 125 cm³/mol. The van der Waals surface area contributed by atoms with Crippen LogP contribution in [-0.2, 0) is 14.3 Å². The SMILES string of the molecule is CCCCCC1CCC(c2ccc(C(=O)OC(C)C(C)OC(=O)CCCC)cc2)CC1. The number of esters is 2. The molecular formula is C27H42O4. The second kappa shape index (κ2) is 13.5. The lowest BCUT2D eigenvalue weighted by Gasteiger charge is -2.29. The van der Waals surface area contributed by atoms with Gasteiger partial charge < -0.3 is 9.47 Å². The van der Waals surface area contributed by atoms with Gasteiger partial charge >= 0.3 is 11.9 Å². The van der Waals surface area contributed by atoms with Crippen LogP contribution in [0.2, 0.25) is 0 Å². The molecule has 1 aromatic rings. The molecule has 1 aliphatic carbocycles. The maximum atomic E-state index is 12.5. The van der Waals surface area contributed by atoms with Crippen molar-refractivity contribution in [2.75, 3.05) is 0 Å². The van der Waals surface area contributed by atoms with E-state index >= 15 is 0 Å². The van der Waals surface area contributed by atoms with Crippen LogP contribution < -0.4 is 0 Å². The van der Waals surface area contributed by atoms with Crippen LogP contribution in [0.1, 0.15) is 120 Å². The molecule has 4 heteroatoms. The van der Waals surface area contributed by atoms with Crippen molar-refractivity contribution >= 4 is 11.9 Å². The summed E-state index contributed by atoms with van der Waals surface area (Å²) in [4.78, 5) is 24.3. The monoisotopic (exact) mass is 430 g/mol. The molecule has 2 unspecified atom stereocenters. The van der Waals surface area contributed by atoms with Gasteiger partial charge in [0, 0.05) is 6.42 Å². The maximum Gasteiger partial charge on any atom is 0.338 e. The maximum absolute atomic E-state index is 12.5. The minimum absolute atomic E-state index is 0.235. The molecule has 0 N–H and O–H groups in total. The molecule has 1 saturated carbocycles. The van der Waals surface area contributed by atoms with E-state index in [0.717, 1.165) is 18.8 Å². The van der Waals surface area contributed by atoms with E-state index in [1.165, 1.54) is 56.9 Å². The molecule has 1 fully saturated rings. The number of unbranched alkanes of at least 4 members (excludes halogenated alkanes) is 3.